The minimum atomic E-state index is -0.244. The number of amides is 3. The van der Waals surface area contributed by atoms with E-state index in [0.717, 1.165) is 18.4 Å². The molecule has 2 aromatic rings. The van der Waals surface area contributed by atoms with Gasteiger partial charge in [0.05, 0.1) is 10.5 Å². The Morgan fingerprint density at radius 1 is 1.00 bits per heavy atom. The molecule has 0 unspecified atom stereocenters. The number of nitrogens with one attached hydrogen (secondary N) is 1. The largest absolute Gasteiger partial charge is 0.326 e. The second-order valence-corrected chi connectivity index (χ2v) is 7.84. The van der Waals surface area contributed by atoms with Crippen LogP contribution in [0.5, 0.6) is 0 Å². The van der Waals surface area contributed by atoms with Gasteiger partial charge in [0.2, 0.25) is 5.91 Å². The highest BCUT2D eigenvalue weighted by Crippen LogP contribution is 2.37. The molecule has 0 radical (unpaired) electrons. The van der Waals surface area contributed by atoms with E-state index in [-0.39, 0.29) is 17.7 Å². The number of nitrogens with zero attached hydrogens (tertiary/aromatic N) is 1. The lowest BCUT2D eigenvalue weighted by Gasteiger charge is -2.14. The molecule has 0 fully saturated rings. The van der Waals surface area contributed by atoms with Gasteiger partial charge in [-0.3, -0.25) is 19.3 Å². The Bertz CT molecular complexity index is 936. The van der Waals surface area contributed by atoms with Crippen molar-refractivity contribution in [2.45, 2.75) is 32.4 Å². The number of rotatable bonds is 8. The maximum atomic E-state index is 13.1. The first-order chi connectivity index (χ1) is 14.0. The van der Waals surface area contributed by atoms with Crippen molar-refractivity contribution in [1.82, 2.24) is 4.90 Å². The van der Waals surface area contributed by atoms with E-state index in [1.807, 2.05) is 37.3 Å². The molecule has 29 heavy (non-hydrogen) atoms. The molecule has 1 aliphatic heterocycles. The molecular formula is C23H24N2O3S. The summed E-state index contributed by atoms with van der Waals surface area (Å²) in [7, 11) is 0. The van der Waals surface area contributed by atoms with Gasteiger partial charge in [-0.1, -0.05) is 55.8 Å². The summed E-state index contributed by atoms with van der Waals surface area (Å²) in [5.74, 6) is -0.00451. The second-order valence-electron chi connectivity index (χ2n) is 6.85. The standard InChI is InChI=1S/C23H24N2O3S/c1-3-4-14-25-22(27)20(18-10-12-19(13-11-18)24-16(2)26)21(23(25)28)29-15-17-8-6-5-7-9-17/h5-13H,3-4,14-15H2,1-2H3,(H,24,26). The summed E-state index contributed by atoms with van der Waals surface area (Å²) >= 11 is 1.40. The topological polar surface area (TPSA) is 66.5 Å². The van der Waals surface area contributed by atoms with Crippen LogP contribution in [-0.4, -0.2) is 29.2 Å². The van der Waals surface area contributed by atoms with Crippen molar-refractivity contribution in [2.24, 2.45) is 0 Å². The van der Waals surface area contributed by atoms with Crippen LogP contribution in [-0.2, 0) is 20.1 Å². The number of benzene rings is 2. The van der Waals surface area contributed by atoms with Crippen molar-refractivity contribution in [2.75, 3.05) is 11.9 Å². The van der Waals surface area contributed by atoms with Gasteiger partial charge in [0.15, 0.2) is 0 Å². The maximum absolute atomic E-state index is 13.1. The molecule has 0 saturated carbocycles. The summed E-state index contributed by atoms with van der Waals surface area (Å²) in [6.07, 6.45) is 1.69. The summed E-state index contributed by atoms with van der Waals surface area (Å²) in [5.41, 5.74) is 2.88. The van der Waals surface area contributed by atoms with Gasteiger partial charge in [0.25, 0.3) is 11.8 Å². The quantitative estimate of drug-likeness (QED) is 0.655. The molecule has 5 nitrogen and oxygen atoms in total. The van der Waals surface area contributed by atoms with E-state index in [1.54, 1.807) is 24.3 Å². The third-order valence-corrected chi connectivity index (χ3v) is 5.73. The summed E-state index contributed by atoms with van der Waals surface area (Å²) in [6.45, 7) is 3.90. The molecular weight excluding hydrogens is 384 g/mol. The average Bonchev–Trinajstić information content (AvgIpc) is 2.95. The molecule has 3 amide bonds. The number of carbonyl (C=O) groups is 3. The van der Waals surface area contributed by atoms with E-state index in [4.69, 9.17) is 0 Å². The Morgan fingerprint density at radius 3 is 2.31 bits per heavy atom. The fourth-order valence-corrected chi connectivity index (χ4v) is 4.20. The number of imide groups is 1. The van der Waals surface area contributed by atoms with Crippen LogP contribution in [0.3, 0.4) is 0 Å². The van der Waals surface area contributed by atoms with Crippen molar-refractivity contribution >= 4 is 40.7 Å². The number of thioether (sulfide) groups is 1. The lowest BCUT2D eigenvalue weighted by molar-refractivity contribution is -0.136. The van der Waals surface area contributed by atoms with Crippen molar-refractivity contribution < 1.29 is 14.4 Å². The Hall–Kier alpha value is -2.86. The lowest BCUT2D eigenvalue weighted by Crippen LogP contribution is -2.32. The summed E-state index contributed by atoms with van der Waals surface area (Å²) in [5, 5.41) is 2.71. The van der Waals surface area contributed by atoms with Crippen molar-refractivity contribution in [1.29, 1.82) is 0 Å². The molecule has 0 aliphatic carbocycles. The first-order valence-corrected chi connectivity index (χ1v) is 10.6. The van der Waals surface area contributed by atoms with E-state index in [0.29, 0.717) is 34.0 Å². The van der Waals surface area contributed by atoms with Gasteiger partial charge in [-0.05, 0) is 29.7 Å². The molecule has 0 aromatic heterocycles. The Kier molecular flexibility index (Phi) is 6.88. The van der Waals surface area contributed by atoms with Crippen LogP contribution in [0.1, 0.15) is 37.8 Å². The first-order valence-electron chi connectivity index (χ1n) is 9.66. The zero-order chi connectivity index (χ0) is 20.8. The minimum Gasteiger partial charge on any atom is -0.326 e. The van der Waals surface area contributed by atoms with Gasteiger partial charge in [-0.15, -0.1) is 11.8 Å². The van der Waals surface area contributed by atoms with Crippen LogP contribution in [0.4, 0.5) is 5.69 Å². The molecule has 1 N–H and O–H groups in total. The van der Waals surface area contributed by atoms with E-state index < -0.39 is 0 Å². The smallest absolute Gasteiger partial charge is 0.267 e. The van der Waals surface area contributed by atoms with Gasteiger partial charge < -0.3 is 5.32 Å². The van der Waals surface area contributed by atoms with Crippen LogP contribution in [0, 0.1) is 0 Å². The average molecular weight is 409 g/mol. The molecule has 150 valence electrons. The van der Waals surface area contributed by atoms with E-state index in [1.165, 1.54) is 23.6 Å². The summed E-state index contributed by atoms with van der Waals surface area (Å²) < 4.78 is 0. The van der Waals surface area contributed by atoms with Crippen molar-refractivity contribution in [3.05, 3.63) is 70.6 Å². The fourth-order valence-electron chi connectivity index (χ4n) is 3.11. The SMILES string of the molecule is CCCCN1C(=O)C(SCc2ccccc2)=C(c2ccc(NC(C)=O)cc2)C1=O. The molecule has 0 atom stereocenters. The van der Waals surface area contributed by atoms with Crippen LogP contribution in [0.15, 0.2) is 59.5 Å². The number of unbranched alkanes of at least 4 members (excludes halogenated alkanes) is 1. The van der Waals surface area contributed by atoms with E-state index in [2.05, 4.69) is 5.32 Å². The van der Waals surface area contributed by atoms with Gasteiger partial charge in [-0.25, -0.2) is 0 Å². The Labute approximate surface area is 175 Å². The van der Waals surface area contributed by atoms with E-state index >= 15 is 0 Å². The number of anilines is 1. The van der Waals surface area contributed by atoms with Crippen LogP contribution < -0.4 is 5.32 Å². The van der Waals surface area contributed by atoms with Gasteiger partial charge in [0.1, 0.15) is 0 Å². The number of carbonyl (C=O) groups excluding carboxylic acids is 3. The normalized spacial score (nSPS) is 13.9. The molecule has 1 heterocycles. The highest BCUT2D eigenvalue weighted by atomic mass is 32.2. The van der Waals surface area contributed by atoms with Gasteiger partial charge in [-0.2, -0.15) is 0 Å². The minimum absolute atomic E-state index is 0.158. The van der Waals surface area contributed by atoms with Gasteiger partial charge >= 0.3 is 0 Å². The molecule has 0 bridgehead atoms. The molecule has 0 saturated heterocycles. The molecule has 0 spiro atoms. The fraction of sp³-hybridized carbons (Fsp3) is 0.261. The maximum Gasteiger partial charge on any atom is 0.267 e. The monoisotopic (exact) mass is 408 g/mol. The van der Waals surface area contributed by atoms with Crippen LogP contribution in [0.2, 0.25) is 0 Å². The van der Waals surface area contributed by atoms with Crippen molar-refractivity contribution in [3.8, 4) is 0 Å². The van der Waals surface area contributed by atoms with Crippen LogP contribution >= 0.6 is 11.8 Å². The Balaban J connectivity index is 1.91. The summed E-state index contributed by atoms with van der Waals surface area (Å²) in [6, 6.07) is 16.9. The predicted molar refractivity (Wildman–Crippen MR) is 117 cm³/mol. The molecule has 3 rings (SSSR count). The highest BCUT2D eigenvalue weighted by molar-refractivity contribution is 8.03. The summed E-state index contributed by atoms with van der Waals surface area (Å²) in [4.78, 5) is 39.2. The molecule has 2 aromatic carbocycles. The lowest BCUT2D eigenvalue weighted by atomic mass is 10.1. The second kappa shape index (κ2) is 9.56. The van der Waals surface area contributed by atoms with Crippen molar-refractivity contribution in [3.63, 3.8) is 0 Å². The first kappa shape index (κ1) is 20.9. The number of hydrogen-bond donors (Lipinski definition) is 1. The van der Waals surface area contributed by atoms with Gasteiger partial charge in [0, 0.05) is 24.9 Å². The Morgan fingerprint density at radius 2 is 1.69 bits per heavy atom. The third kappa shape index (κ3) is 4.95. The number of hydrogen-bond acceptors (Lipinski definition) is 4. The zero-order valence-corrected chi connectivity index (χ0v) is 17.4. The highest BCUT2D eigenvalue weighted by Gasteiger charge is 2.38. The predicted octanol–water partition coefficient (Wildman–Crippen LogP) is 4.46. The molecule has 1 aliphatic rings. The zero-order valence-electron chi connectivity index (χ0n) is 16.6. The third-order valence-electron chi connectivity index (χ3n) is 4.58. The van der Waals surface area contributed by atoms with E-state index in [9.17, 15) is 14.4 Å². The molecule has 6 heteroatoms. The van der Waals surface area contributed by atoms with Crippen LogP contribution in [0.25, 0.3) is 5.57 Å².